The van der Waals surface area contributed by atoms with Gasteiger partial charge in [-0.25, -0.2) is 0 Å². The van der Waals surface area contributed by atoms with Crippen LogP contribution in [-0.2, 0) is 4.79 Å². The summed E-state index contributed by atoms with van der Waals surface area (Å²) in [5, 5.41) is 8.29. The van der Waals surface area contributed by atoms with Crippen LogP contribution in [0.1, 0.15) is 6.42 Å². The summed E-state index contributed by atoms with van der Waals surface area (Å²) in [7, 11) is 0. The van der Waals surface area contributed by atoms with Gasteiger partial charge in [-0.2, -0.15) is 5.26 Å². The molecule has 1 fully saturated rings. The van der Waals surface area contributed by atoms with Gasteiger partial charge in [-0.3, -0.25) is 4.79 Å². The first kappa shape index (κ1) is 6.41. The molecule has 0 aromatic heterocycles. The Bertz CT molecular complexity index is 264. The Labute approximate surface area is 64.9 Å². The van der Waals surface area contributed by atoms with E-state index in [1.807, 2.05) is 18.2 Å². The molecular weight excluding hydrogens is 140 g/mol. The van der Waals surface area contributed by atoms with Gasteiger partial charge >= 0.3 is 0 Å². The molecule has 0 aromatic rings. The molecule has 3 heteroatoms. The van der Waals surface area contributed by atoms with Gasteiger partial charge in [0.1, 0.15) is 0 Å². The molecule has 0 N–H and O–H groups in total. The lowest BCUT2D eigenvalue weighted by Crippen LogP contribution is -2.63. The lowest BCUT2D eigenvalue weighted by Gasteiger charge is -2.49. The Kier molecular flexibility index (Phi) is 1.22. The molecule has 56 valence electrons. The Morgan fingerprint density at radius 3 is 2.91 bits per heavy atom. The summed E-state index contributed by atoms with van der Waals surface area (Å²) >= 11 is 0. The van der Waals surface area contributed by atoms with E-state index in [9.17, 15) is 4.79 Å². The number of carbonyl (C=O) groups excluding carboxylic acids is 1. The zero-order valence-electron chi connectivity index (χ0n) is 6.03. The topological polar surface area (TPSA) is 44.1 Å². The van der Waals surface area contributed by atoms with E-state index in [0.29, 0.717) is 19.0 Å². The highest BCUT2D eigenvalue weighted by molar-refractivity contribution is 5.90. The molecule has 1 saturated heterocycles. The van der Waals surface area contributed by atoms with Crippen LogP contribution in [0.25, 0.3) is 0 Å². The first-order valence-corrected chi connectivity index (χ1v) is 3.70. The number of fused-ring (bicyclic) bond motifs is 1. The molecule has 1 aliphatic carbocycles. The third-order valence-corrected chi connectivity index (χ3v) is 2.28. The van der Waals surface area contributed by atoms with E-state index in [-0.39, 0.29) is 11.8 Å². The molecule has 1 heterocycles. The third kappa shape index (κ3) is 0.695. The Morgan fingerprint density at radius 1 is 1.64 bits per heavy atom. The van der Waals surface area contributed by atoms with Crippen LogP contribution >= 0.6 is 0 Å². The van der Waals surface area contributed by atoms with E-state index < -0.39 is 0 Å². The predicted octanol–water partition coefficient (Wildman–Crippen LogP) is 0.297. The molecule has 2 rings (SSSR count). The summed E-state index contributed by atoms with van der Waals surface area (Å²) in [6.07, 6.45) is 4.39. The van der Waals surface area contributed by atoms with Crippen molar-refractivity contribution in [2.24, 2.45) is 5.92 Å². The summed E-state index contributed by atoms with van der Waals surface area (Å²) in [5.41, 5.74) is 0. The minimum Gasteiger partial charge on any atom is -0.334 e. The minimum atomic E-state index is 0.161. The molecule has 0 bridgehead atoms. The second-order valence-electron chi connectivity index (χ2n) is 2.84. The van der Waals surface area contributed by atoms with Crippen molar-refractivity contribution in [1.29, 1.82) is 5.26 Å². The number of amides is 1. The number of nitriles is 1. The van der Waals surface area contributed by atoms with Crippen LogP contribution < -0.4 is 0 Å². The summed E-state index contributed by atoms with van der Waals surface area (Å²) in [5.74, 6) is 0.349. The fourth-order valence-corrected chi connectivity index (χ4v) is 1.53. The normalized spacial score (nSPS) is 31.9. The van der Waals surface area contributed by atoms with Gasteiger partial charge in [-0.05, 0) is 0 Å². The highest BCUT2D eigenvalue weighted by Crippen LogP contribution is 2.35. The van der Waals surface area contributed by atoms with Gasteiger partial charge in [0.15, 0.2) is 0 Å². The van der Waals surface area contributed by atoms with Crippen LogP contribution in [0.2, 0.25) is 0 Å². The Morgan fingerprint density at radius 2 is 2.45 bits per heavy atom. The van der Waals surface area contributed by atoms with Crippen molar-refractivity contribution in [3.63, 3.8) is 0 Å². The first-order chi connectivity index (χ1) is 5.34. The van der Waals surface area contributed by atoms with E-state index in [1.165, 1.54) is 0 Å². The molecule has 0 saturated carbocycles. The molecule has 0 radical (unpaired) electrons. The fourth-order valence-electron chi connectivity index (χ4n) is 1.53. The second kappa shape index (κ2) is 2.09. The maximum absolute atomic E-state index is 11.1. The van der Waals surface area contributed by atoms with E-state index in [1.54, 1.807) is 4.90 Å². The standard InChI is InChI=1S/C8H8N2O/c9-4-1-5-10-7-3-2-6(7)8(10)11/h2-3,6-7H,1,5H2. The predicted molar refractivity (Wildman–Crippen MR) is 38.4 cm³/mol. The van der Waals surface area contributed by atoms with Crippen molar-refractivity contribution in [3.05, 3.63) is 12.2 Å². The van der Waals surface area contributed by atoms with Crippen LogP contribution in [0.3, 0.4) is 0 Å². The van der Waals surface area contributed by atoms with Crippen molar-refractivity contribution in [1.82, 2.24) is 4.90 Å². The van der Waals surface area contributed by atoms with E-state index in [0.717, 1.165) is 0 Å². The zero-order chi connectivity index (χ0) is 7.84. The molecule has 1 amide bonds. The second-order valence-corrected chi connectivity index (χ2v) is 2.84. The smallest absolute Gasteiger partial charge is 0.232 e. The van der Waals surface area contributed by atoms with Crippen molar-refractivity contribution in [3.8, 4) is 6.07 Å². The molecule has 2 atom stereocenters. The molecule has 1 aliphatic heterocycles. The van der Waals surface area contributed by atoms with Gasteiger partial charge in [0, 0.05) is 6.54 Å². The zero-order valence-corrected chi connectivity index (χ0v) is 6.03. The number of carbonyl (C=O) groups is 1. The average Bonchev–Trinajstić information content (AvgIpc) is 1.95. The van der Waals surface area contributed by atoms with Gasteiger partial charge < -0.3 is 4.90 Å². The number of nitrogens with zero attached hydrogens (tertiary/aromatic N) is 2. The monoisotopic (exact) mass is 148 g/mol. The van der Waals surface area contributed by atoms with Crippen LogP contribution in [-0.4, -0.2) is 23.4 Å². The first-order valence-electron chi connectivity index (χ1n) is 3.70. The van der Waals surface area contributed by atoms with Crippen LogP contribution in [0.5, 0.6) is 0 Å². The molecule has 0 spiro atoms. The summed E-state index contributed by atoms with van der Waals surface area (Å²) in [6.45, 7) is 0.598. The van der Waals surface area contributed by atoms with Crippen molar-refractivity contribution < 1.29 is 4.79 Å². The van der Waals surface area contributed by atoms with E-state index in [4.69, 9.17) is 5.26 Å². The maximum Gasteiger partial charge on any atom is 0.232 e. The number of rotatable bonds is 2. The SMILES string of the molecule is N#CCCN1C(=O)C2C=CC21. The largest absolute Gasteiger partial charge is 0.334 e. The molecular formula is C8H8N2O. The van der Waals surface area contributed by atoms with Gasteiger partial charge in [-0.1, -0.05) is 12.2 Å². The lowest BCUT2D eigenvalue weighted by atomic mass is 9.78. The Balaban J connectivity index is 1.93. The van der Waals surface area contributed by atoms with Crippen LogP contribution in [0.4, 0.5) is 0 Å². The number of hydrogen-bond donors (Lipinski definition) is 0. The fraction of sp³-hybridized carbons (Fsp3) is 0.500. The highest BCUT2D eigenvalue weighted by Gasteiger charge is 2.48. The number of hydrogen-bond acceptors (Lipinski definition) is 2. The molecule has 0 aromatic carbocycles. The van der Waals surface area contributed by atoms with Gasteiger partial charge in [-0.15, -0.1) is 0 Å². The van der Waals surface area contributed by atoms with Crippen molar-refractivity contribution in [2.75, 3.05) is 6.54 Å². The van der Waals surface area contributed by atoms with E-state index in [2.05, 4.69) is 0 Å². The summed E-state index contributed by atoms with van der Waals surface area (Å²) < 4.78 is 0. The van der Waals surface area contributed by atoms with Gasteiger partial charge in [0.2, 0.25) is 5.91 Å². The summed E-state index contributed by atoms with van der Waals surface area (Å²) in [4.78, 5) is 12.9. The van der Waals surface area contributed by atoms with Gasteiger partial charge in [0.05, 0.1) is 24.4 Å². The number of β-lactam (4-membered cyclic amide) rings is 1. The molecule has 3 nitrogen and oxygen atoms in total. The summed E-state index contributed by atoms with van der Waals surface area (Å²) in [6, 6.07) is 2.36. The van der Waals surface area contributed by atoms with Crippen molar-refractivity contribution in [2.45, 2.75) is 12.5 Å². The molecule has 11 heavy (non-hydrogen) atoms. The quantitative estimate of drug-likeness (QED) is 0.417. The lowest BCUT2D eigenvalue weighted by molar-refractivity contribution is -0.151. The Hall–Kier alpha value is -1.30. The maximum atomic E-state index is 11.1. The molecule has 2 unspecified atom stereocenters. The van der Waals surface area contributed by atoms with E-state index >= 15 is 0 Å². The van der Waals surface area contributed by atoms with Gasteiger partial charge in [0.25, 0.3) is 0 Å². The number of likely N-dealkylation sites (tertiary alicyclic amines) is 1. The van der Waals surface area contributed by atoms with Crippen LogP contribution in [0.15, 0.2) is 12.2 Å². The molecule has 2 aliphatic rings. The van der Waals surface area contributed by atoms with Crippen molar-refractivity contribution >= 4 is 5.91 Å². The minimum absolute atomic E-state index is 0.161. The van der Waals surface area contributed by atoms with Crippen LogP contribution in [0, 0.1) is 17.2 Å². The third-order valence-electron chi connectivity index (χ3n) is 2.28. The average molecular weight is 148 g/mol. The highest BCUT2D eigenvalue weighted by atomic mass is 16.2.